The van der Waals surface area contributed by atoms with Crippen LogP contribution in [0.4, 0.5) is 8.63 Å². The molecule has 0 bridgehead atoms. The molecule has 0 saturated carbocycles. The van der Waals surface area contributed by atoms with Crippen molar-refractivity contribution in [1.82, 2.24) is 23.6 Å². The zero-order chi connectivity index (χ0) is 32.1. The molecule has 11 heteroatoms. The quantitative estimate of drug-likeness (QED) is 0.192. The second kappa shape index (κ2) is 9.79. The number of para-hydroxylation sites is 2. The summed E-state index contributed by atoms with van der Waals surface area (Å²) in [6, 6.07) is 14.9. The van der Waals surface area contributed by atoms with Gasteiger partial charge in [-0.15, -0.1) is 0 Å². The summed E-state index contributed by atoms with van der Waals surface area (Å²) in [6.45, 7) is 7.27. The van der Waals surface area contributed by atoms with Gasteiger partial charge in [0, 0.05) is 36.5 Å². The molecule has 0 amide bonds. The number of aromatic nitrogens is 5. The van der Waals surface area contributed by atoms with Crippen molar-refractivity contribution in [1.29, 1.82) is 0 Å². The lowest BCUT2D eigenvalue weighted by Gasteiger charge is -2.34. The smallest absolute Gasteiger partial charge is 0.393 e. The first-order valence-corrected chi connectivity index (χ1v) is 15.2. The molecule has 0 radical (unpaired) electrons. The lowest BCUT2D eigenvalue weighted by molar-refractivity contribution is -0.363. The number of rotatable bonds is 4. The molecule has 4 aliphatic rings. The number of hydrogen-bond donors (Lipinski definition) is 0. The largest absolute Gasteiger partial charge is 0.737 e. The Balaban J connectivity index is 1.61. The molecule has 0 spiro atoms. The molecule has 0 fully saturated rings. The lowest BCUT2D eigenvalue weighted by Crippen LogP contribution is -2.51. The molecule has 7 rings (SSSR count). The Morgan fingerprint density at radius 1 is 0.933 bits per heavy atom. The minimum Gasteiger partial charge on any atom is -0.393 e. The molecule has 0 N–H and O–H groups in total. The van der Waals surface area contributed by atoms with Crippen LogP contribution >= 0.6 is 0 Å². The average molecular weight is 606 g/mol. The van der Waals surface area contributed by atoms with Crippen LogP contribution in [0, 0.1) is 13.8 Å². The summed E-state index contributed by atoms with van der Waals surface area (Å²) < 4.78 is 38.7. The van der Waals surface area contributed by atoms with Crippen LogP contribution < -0.4 is 11.2 Å². The zero-order valence-corrected chi connectivity index (χ0v) is 26.4. The standard InChI is InChI=1S/C34H33BF2N6O2/c1-8-24-18(3)30-28(31-19(4)25(9-2)21(6)43(31)35(36,37)42(30)20(24)5)22-13-12-14-23(17-22)41-27-16-11-10-15-26(27)38-29-32(41)39-34(45)40(7)33(29)44/h10-17H,8-9H2,1-7H3. The molecule has 4 aliphatic heterocycles. The van der Waals surface area contributed by atoms with Crippen molar-refractivity contribution >= 4 is 29.3 Å². The molecule has 45 heavy (non-hydrogen) atoms. The van der Waals surface area contributed by atoms with Gasteiger partial charge in [0.1, 0.15) is 5.71 Å². The lowest BCUT2D eigenvalue weighted by atomic mass is 9.83. The Kier molecular flexibility index (Phi) is 6.27. The van der Waals surface area contributed by atoms with Gasteiger partial charge in [-0.2, -0.15) is 4.98 Å². The minimum absolute atomic E-state index is 0.0646. The van der Waals surface area contributed by atoms with Crippen LogP contribution in [-0.2, 0) is 13.5 Å². The van der Waals surface area contributed by atoms with Crippen LogP contribution in [0.5, 0.6) is 0 Å². The van der Waals surface area contributed by atoms with E-state index in [2.05, 4.69) is 9.97 Å². The summed E-state index contributed by atoms with van der Waals surface area (Å²) >= 11 is 0. The van der Waals surface area contributed by atoms with Gasteiger partial charge < -0.3 is 17.6 Å². The fraction of sp³-hybridized carbons (Fsp3) is 0.265. The van der Waals surface area contributed by atoms with Crippen molar-refractivity contribution in [3.8, 4) is 17.2 Å². The first kappa shape index (κ1) is 28.8. The Labute approximate surface area is 258 Å². The molecule has 3 aromatic rings. The number of allylic oxidation sites excluding steroid dienone is 2. The molecular weight excluding hydrogens is 573 g/mol. The van der Waals surface area contributed by atoms with Gasteiger partial charge in [0.25, 0.3) is 5.56 Å². The molecule has 0 saturated heterocycles. The van der Waals surface area contributed by atoms with Gasteiger partial charge in [-0.25, -0.2) is 9.78 Å². The Bertz CT molecular complexity index is 2320. The second-order valence-electron chi connectivity index (χ2n) is 11.9. The van der Waals surface area contributed by atoms with Gasteiger partial charge in [0.05, 0.1) is 16.6 Å². The molecule has 5 heterocycles. The van der Waals surface area contributed by atoms with Crippen molar-refractivity contribution in [2.45, 2.75) is 54.4 Å². The van der Waals surface area contributed by atoms with Crippen LogP contribution in [0.3, 0.4) is 0 Å². The summed E-state index contributed by atoms with van der Waals surface area (Å²) in [7, 11) is 1.38. The van der Waals surface area contributed by atoms with Crippen LogP contribution in [0.15, 0.2) is 75.0 Å². The van der Waals surface area contributed by atoms with Gasteiger partial charge in [0.15, 0.2) is 17.2 Å². The Morgan fingerprint density at radius 3 is 2.38 bits per heavy atom. The van der Waals surface area contributed by atoms with Gasteiger partial charge in [-0.05, 0) is 80.3 Å². The van der Waals surface area contributed by atoms with E-state index in [1.165, 1.54) is 16.0 Å². The molecule has 2 aromatic carbocycles. The monoisotopic (exact) mass is 606 g/mol. The third-order valence-electron chi connectivity index (χ3n) is 9.66. The van der Waals surface area contributed by atoms with Crippen LogP contribution in [0.1, 0.15) is 62.2 Å². The number of nitrogens with zero attached hydrogens (tertiary/aromatic N) is 6. The first-order valence-electron chi connectivity index (χ1n) is 15.2. The highest BCUT2D eigenvalue weighted by Crippen LogP contribution is 2.47. The SMILES string of the molecule is CCC1=C(C)C2=C(c3cccc(-n4c5nc(=O)n(C)c(=O)c-5nc5ccccc54)c3)c3c(C)c(CC)c(C)n3[B-](F)(F)[N+]2=C1C. The molecule has 8 nitrogen and oxygen atoms in total. The summed E-state index contributed by atoms with van der Waals surface area (Å²) in [5.74, 6) is 0.134. The highest BCUT2D eigenvalue weighted by atomic mass is 19.2. The van der Waals surface area contributed by atoms with E-state index < -0.39 is 18.2 Å². The number of fused-ring (bicyclic) bond motifs is 4. The highest BCUT2D eigenvalue weighted by Gasteiger charge is 2.56. The van der Waals surface area contributed by atoms with E-state index in [0.29, 0.717) is 52.4 Å². The van der Waals surface area contributed by atoms with Gasteiger partial charge in [0.2, 0.25) is 0 Å². The Morgan fingerprint density at radius 2 is 1.67 bits per heavy atom. The van der Waals surface area contributed by atoms with Crippen molar-refractivity contribution in [3.05, 3.63) is 114 Å². The summed E-state index contributed by atoms with van der Waals surface area (Å²) in [6.07, 6.45) is 1.26. The average Bonchev–Trinajstić information content (AvgIpc) is 3.43. The van der Waals surface area contributed by atoms with Crippen LogP contribution in [0.25, 0.3) is 33.8 Å². The van der Waals surface area contributed by atoms with E-state index in [1.807, 2.05) is 70.2 Å². The minimum atomic E-state index is -4.16. The highest BCUT2D eigenvalue weighted by molar-refractivity contribution is 6.58. The summed E-state index contributed by atoms with van der Waals surface area (Å²) in [4.78, 5) is 34.8. The van der Waals surface area contributed by atoms with E-state index in [-0.39, 0.29) is 11.5 Å². The number of hydrogen-bond acceptors (Lipinski definition) is 4. The normalized spacial score (nSPS) is 15.9. The second-order valence-corrected chi connectivity index (χ2v) is 11.9. The molecule has 0 atom stereocenters. The van der Waals surface area contributed by atoms with Crippen molar-refractivity contribution in [3.63, 3.8) is 0 Å². The maximum Gasteiger partial charge on any atom is 0.737 e. The number of halogens is 2. The van der Waals surface area contributed by atoms with Crippen molar-refractivity contribution < 1.29 is 13.1 Å². The van der Waals surface area contributed by atoms with E-state index in [0.717, 1.165) is 38.0 Å². The maximum atomic E-state index is 16.8. The van der Waals surface area contributed by atoms with E-state index in [9.17, 15) is 9.59 Å². The summed E-state index contributed by atoms with van der Waals surface area (Å²) in [5, 5.41) is 0. The predicted octanol–water partition coefficient (Wildman–Crippen LogP) is 5.77. The van der Waals surface area contributed by atoms with E-state index in [4.69, 9.17) is 0 Å². The van der Waals surface area contributed by atoms with Crippen LogP contribution in [0.2, 0.25) is 0 Å². The van der Waals surface area contributed by atoms with Gasteiger partial charge >= 0.3 is 12.7 Å². The fourth-order valence-electron chi connectivity index (χ4n) is 7.61. The fourth-order valence-corrected chi connectivity index (χ4v) is 7.61. The van der Waals surface area contributed by atoms with Gasteiger partial charge in [-0.1, -0.05) is 38.1 Å². The van der Waals surface area contributed by atoms with Crippen molar-refractivity contribution in [2.75, 3.05) is 0 Å². The van der Waals surface area contributed by atoms with E-state index >= 15 is 8.63 Å². The zero-order valence-electron chi connectivity index (χ0n) is 26.4. The molecule has 228 valence electrons. The third kappa shape index (κ3) is 3.73. The van der Waals surface area contributed by atoms with Crippen LogP contribution in [-0.4, -0.2) is 40.7 Å². The molecule has 0 unspecified atom stereocenters. The summed E-state index contributed by atoms with van der Waals surface area (Å²) in [5.41, 5.74) is 7.82. The predicted molar refractivity (Wildman–Crippen MR) is 174 cm³/mol. The van der Waals surface area contributed by atoms with Crippen molar-refractivity contribution in [2.24, 2.45) is 7.05 Å². The van der Waals surface area contributed by atoms with E-state index in [1.54, 1.807) is 24.5 Å². The Hall–Kier alpha value is -4.93. The third-order valence-corrected chi connectivity index (χ3v) is 9.66. The van der Waals surface area contributed by atoms with Gasteiger partial charge in [-0.3, -0.25) is 13.9 Å². The molecule has 1 aromatic heterocycles. The molecular formula is C34H33BF2N6O2. The number of benzene rings is 2. The molecule has 0 aliphatic carbocycles. The topological polar surface area (TPSA) is 77.7 Å². The first-order chi connectivity index (χ1) is 21.4. The maximum absolute atomic E-state index is 16.8.